The molecule has 2 aliphatic rings. The fraction of sp³-hybridized carbons (Fsp3) is 0.400. The van der Waals surface area contributed by atoms with Crippen LogP contribution in [0.15, 0.2) is 36.5 Å². The lowest BCUT2D eigenvalue weighted by Gasteiger charge is -2.40. The van der Waals surface area contributed by atoms with Gasteiger partial charge in [-0.05, 0) is 38.9 Å². The molecular formula is C20H23N7OS. The molecule has 1 N–H and O–H groups in total. The molecule has 5 rings (SSSR count). The Labute approximate surface area is 173 Å². The van der Waals surface area contributed by atoms with Crippen molar-refractivity contribution in [1.29, 1.82) is 0 Å². The van der Waals surface area contributed by atoms with Crippen LogP contribution in [-0.4, -0.2) is 67.4 Å². The average Bonchev–Trinajstić information content (AvgIpc) is 3.40. The number of anilines is 1. The quantitative estimate of drug-likeness (QED) is 0.663. The van der Waals surface area contributed by atoms with Crippen LogP contribution in [0.2, 0.25) is 0 Å². The predicted molar refractivity (Wildman–Crippen MR) is 113 cm³/mol. The summed E-state index contributed by atoms with van der Waals surface area (Å²) in [5.74, 6) is 0.143. The van der Waals surface area contributed by atoms with Gasteiger partial charge >= 0.3 is 0 Å². The largest absolute Gasteiger partial charge is 0.507 e. The molecule has 0 amide bonds. The van der Waals surface area contributed by atoms with Crippen molar-refractivity contribution < 1.29 is 5.11 Å². The van der Waals surface area contributed by atoms with E-state index in [4.69, 9.17) is 0 Å². The van der Waals surface area contributed by atoms with Gasteiger partial charge in [0.25, 0.3) is 0 Å². The van der Waals surface area contributed by atoms with Crippen LogP contribution in [0.1, 0.15) is 18.5 Å². The molecule has 2 unspecified atom stereocenters. The minimum Gasteiger partial charge on any atom is -0.507 e. The third-order valence-corrected chi connectivity index (χ3v) is 6.99. The maximum Gasteiger partial charge on any atom is 0.208 e. The van der Waals surface area contributed by atoms with Gasteiger partial charge in [0.2, 0.25) is 5.13 Å². The first-order valence-electron chi connectivity index (χ1n) is 9.69. The van der Waals surface area contributed by atoms with Crippen molar-refractivity contribution in [2.75, 3.05) is 19.0 Å². The predicted octanol–water partition coefficient (Wildman–Crippen LogP) is 2.64. The molecule has 0 spiro atoms. The molecule has 8 nitrogen and oxygen atoms in total. The van der Waals surface area contributed by atoms with Gasteiger partial charge in [0, 0.05) is 31.2 Å². The third kappa shape index (κ3) is 3.20. The second-order valence-corrected chi connectivity index (χ2v) is 8.74. The number of hydrogen-bond donors (Lipinski definition) is 1. The van der Waals surface area contributed by atoms with E-state index < -0.39 is 0 Å². The first-order chi connectivity index (χ1) is 14.0. The number of aromatic hydroxyl groups is 1. The van der Waals surface area contributed by atoms with Crippen molar-refractivity contribution in [3.8, 4) is 22.0 Å². The van der Waals surface area contributed by atoms with Crippen LogP contribution < -0.4 is 4.90 Å². The fourth-order valence-corrected chi connectivity index (χ4v) is 5.06. The van der Waals surface area contributed by atoms with E-state index in [0.29, 0.717) is 34.4 Å². The molecule has 150 valence electrons. The van der Waals surface area contributed by atoms with Crippen molar-refractivity contribution in [2.45, 2.75) is 37.9 Å². The molecule has 3 aromatic rings. The summed E-state index contributed by atoms with van der Waals surface area (Å²) in [6.45, 7) is 1.88. The summed E-state index contributed by atoms with van der Waals surface area (Å²) in [5, 5.41) is 29.3. The molecule has 1 fully saturated rings. The minimum atomic E-state index is 0.143. The number of nitrogens with zero attached hydrogens (tertiary/aromatic N) is 7. The van der Waals surface area contributed by atoms with Crippen molar-refractivity contribution in [3.05, 3.63) is 42.2 Å². The van der Waals surface area contributed by atoms with E-state index in [1.807, 2.05) is 19.1 Å². The summed E-state index contributed by atoms with van der Waals surface area (Å²) in [5.41, 5.74) is 2.19. The number of fused-ring (bicyclic) bond motifs is 2. The number of hydrogen-bond acceptors (Lipinski definition) is 8. The molecule has 0 radical (unpaired) electrons. The smallest absolute Gasteiger partial charge is 0.208 e. The maximum absolute atomic E-state index is 10.6. The Morgan fingerprint density at radius 3 is 2.59 bits per heavy atom. The van der Waals surface area contributed by atoms with Gasteiger partial charge in [-0.3, -0.25) is 4.90 Å². The van der Waals surface area contributed by atoms with E-state index in [0.717, 1.165) is 23.7 Å². The number of phenols is 1. The number of aromatic nitrogens is 5. The molecule has 0 aliphatic carbocycles. The summed E-state index contributed by atoms with van der Waals surface area (Å²) in [6.07, 6.45) is 8.50. The number of benzene rings is 1. The van der Waals surface area contributed by atoms with Gasteiger partial charge in [0.05, 0.1) is 23.1 Å². The molecule has 0 saturated carbocycles. The van der Waals surface area contributed by atoms with Crippen LogP contribution in [0, 0.1) is 6.92 Å². The van der Waals surface area contributed by atoms with E-state index in [-0.39, 0.29) is 5.75 Å². The molecule has 1 aromatic carbocycles. The molecular weight excluding hydrogens is 386 g/mol. The number of piperidine rings is 1. The second kappa shape index (κ2) is 6.93. The highest BCUT2D eigenvalue weighted by molar-refractivity contribution is 7.18. The van der Waals surface area contributed by atoms with Gasteiger partial charge < -0.3 is 10.0 Å². The zero-order chi connectivity index (χ0) is 20.1. The standard InChI is InChI=1S/C20H23N7OS/c1-12-11-21-27(24-12)15-6-7-17(18(28)10-15)19-22-23-20(29-19)26(3)16-8-13-4-5-14(9-16)25(13)2/h4-7,10-11,13-14,16,28H,8-9H2,1-3H3. The van der Waals surface area contributed by atoms with Crippen LogP contribution >= 0.6 is 11.3 Å². The van der Waals surface area contributed by atoms with Gasteiger partial charge in [-0.25, -0.2) is 0 Å². The topological polar surface area (TPSA) is 83.2 Å². The molecule has 2 aliphatic heterocycles. The van der Waals surface area contributed by atoms with E-state index in [9.17, 15) is 5.11 Å². The highest BCUT2D eigenvalue weighted by Crippen LogP contribution is 2.38. The first kappa shape index (κ1) is 18.3. The Balaban J connectivity index is 1.36. The van der Waals surface area contributed by atoms with Crippen LogP contribution in [-0.2, 0) is 0 Å². The Hall–Kier alpha value is -2.78. The summed E-state index contributed by atoms with van der Waals surface area (Å²) >= 11 is 1.50. The maximum atomic E-state index is 10.6. The van der Waals surface area contributed by atoms with E-state index >= 15 is 0 Å². The normalized spacial score (nSPS) is 23.6. The molecule has 29 heavy (non-hydrogen) atoms. The SMILES string of the molecule is Cc1cnn(-c2ccc(-c3nnc(N(C)C4CC5C=CC(C4)N5C)s3)c(O)c2)n1. The van der Waals surface area contributed by atoms with Gasteiger partial charge in [-0.2, -0.15) is 15.0 Å². The van der Waals surface area contributed by atoms with E-state index in [1.54, 1.807) is 12.3 Å². The van der Waals surface area contributed by atoms with Gasteiger partial charge in [-0.1, -0.05) is 23.5 Å². The lowest BCUT2D eigenvalue weighted by atomic mass is 9.96. The molecule has 1 saturated heterocycles. The summed E-state index contributed by atoms with van der Waals surface area (Å²) in [7, 11) is 4.29. The van der Waals surface area contributed by atoms with Gasteiger partial charge in [-0.15, -0.1) is 10.2 Å². The lowest BCUT2D eigenvalue weighted by Crippen LogP contribution is -2.48. The highest BCUT2D eigenvalue weighted by atomic mass is 32.1. The highest BCUT2D eigenvalue weighted by Gasteiger charge is 2.37. The molecule has 2 aromatic heterocycles. The number of aryl methyl sites for hydroxylation is 1. The van der Waals surface area contributed by atoms with Crippen LogP contribution in [0.25, 0.3) is 16.3 Å². The van der Waals surface area contributed by atoms with E-state index in [2.05, 4.69) is 56.4 Å². The monoisotopic (exact) mass is 409 g/mol. The van der Waals surface area contributed by atoms with Crippen LogP contribution in [0.4, 0.5) is 5.13 Å². The summed E-state index contributed by atoms with van der Waals surface area (Å²) in [4.78, 5) is 6.18. The Kier molecular flexibility index (Phi) is 4.36. The molecule has 9 heteroatoms. The third-order valence-electron chi connectivity index (χ3n) is 5.94. The number of likely N-dealkylation sites (N-methyl/N-ethyl adjacent to an activating group) is 1. The summed E-state index contributed by atoms with van der Waals surface area (Å²) < 4.78 is 0. The number of rotatable bonds is 4. The van der Waals surface area contributed by atoms with E-state index in [1.165, 1.54) is 16.1 Å². The second-order valence-electron chi connectivity index (χ2n) is 7.79. The number of phenolic OH excluding ortho intramolecular Hbond substituents is 1. The molecule has 4 heterocycles. The Morgan fingerprint density at radius 2 is 1.93 bits per heavy atom. The Bertz CT molecular complexity index is 1060. The minimum absolute atomic E-state index is 0.143. The molecule has 2 bridgehead atoms. The Morgan fingerprint density at radius 1 is 1.17 bits per heavy atom. The van der Waals surface area contributed by atoms with Crippen LogP contribution in [0.3, 0.4) is 0 Å². The van der Waals surface area contributed by atoms with Crippen molar-refractivity contribution >= 4 is 16.5 Å². The first-order valence-corrected chi connectivity index (χ1v) is 10.5. The zero-order valence-electron chi connectivity index (χ0n) is 16.6. The van der Waals surface area contributed by atoms with Crippen molar-refractivity contribution in [1.82, 2.24) is 30.1 Å². The van der Waals surface area contributed by atoms with Gasteiger partial charge in [0.15, 0.2) is 5.01 Å². The summed E-state index contributed by atoms with van der Waals surface area (Å²) in [6, 6.07) is 6.81. The fourth-order valence-electron chi connectivity index (χ4n) is 4.15. The zero-order valence-corrected chi connectivity index (χ0v) is 17.4. The van der Waals surface area contributed by atoms with Gasteiger partial charge in [0.1, 0.15) is 5.75 Å². The van der Waals surface area contributed by atoms with Crippen molar-refractivity contribution in [3.63, 3.8) is 0 Å². The lowest BCUT2D eigenvalue weighted by molar-refractivity contribution is 0.177. The van der Waals surface area contributed by atoms with Crippen molar-refractivity contribution in [2.24, 2.45) is 0 Å². The van der Waals surface area contributed by atoms with Crippen LogP contribution in [0.5, 0.6) is 5.75 Å². The molecule has 2 atom stereocenters. The average molecular weight is 410 g/mol.